The second-order valence-electron chi connectivity index (χ2n) is 4.62. The van der Waals surface area contributed by atoms with E-state index in [1.807, 2.05) is 48.5 Å². The van der Waals surface area contributed by atoms with Gasteiger partial charge in [0.05, 0.1) is 12.1 Å². The Morgan fingerprint density at radius 2 is 1.75 bits per heavy atom. The summed E-state index contributed by atoms with van der Waals surface area (Å²) in [5.74, 6) is 0.800. The molecule has 0 aliphatic carbocycles. The molecular formula is C17H15NO2. The van der Waals surface area contributed by atoms with E-state index in [9.17, 15) is 0 Å². The highest BCUT2D eigenvalue weighted by atomic mass is 16.5. The normalized spacial score (nSPS) is 10.7. The lowest BCUT2D eigenvalue weighted by atomic mass is 10.1. The number of pyridine rings is 1. The molecule has 1 aromatic heterocycles. The summed E-state index contributed by atoms with van der Waals surface area (Å²) in [6.07, 6.45) is 1.79. The standard InChI is InChI=1S/C17H15NO2/c19-11-13-3-6-16(7-4-13)20-12-14-5-8-17-15(10-14)2-1-9-18-17/h1-10,19H,11-12H2. The molecule has 20 heavy (non-hydrogen) atoms. The second kappa shape index (κ2) is 5.72. The van der Waals surface area contributed by atoms with Gasteiger partial charge in [-0.15, -0.1) is 0 Å². The second-order valence-corrected chi connectivity index (χ2v) is 4.62. The number of fused-ring (bicyclic) bond motifs is 1. The van der Waals surface area contributed by atoms with E-state index in [1.165, 1.54) is 0 Å². The minimum absolute atomic E-state index is 0.0535. The number of aliphatic hydroxyl groups is 1. The smallest absolute Gasteiger partial charge is 0.119 e. The van der Waals surface area contributed by atoms with Gasteiger partial charge in [0.25, 0.3) is 0 Å². The lowest BCUT2D eigenvalue weighted by Crippen LogP contribution is -1.95. The summed E-state index contributed by atoms with van der Waals surface area (Å²) in [6, 6.07) is 17.6. The summed E-state index contributed by atoms with van der Waals surface area (Å²) < 4.78 is 5.74. The molecule has 0 unspecified atom stereocenters. The highest BCUT2D eigenvalue weighted by molar-refractivity contribution is 5.78. The maximum atomic E-state index is 8.99. The number of ether oxygens (including phenoxy) is 1. The Labute approximate surface area is 117 Å². The molecule has 2 aromatic carbocycles. The zero-order valence-corrected chi connectivity index (χ0v) is 11.0. The molecule has 3 rings (SSSR count). The third kappa shape index (κ3) is 2.78. The maximum absolute atomic E-state index is 8.99. The van der Waals surface area contributed by atoms with Crippen molar-refractivity contribution in [1.29, 1.82) is 0 Å². The predicted octanol–water partition coefficient (Wildman–Crippen LogP) is 3.31. The third-order valence-corrected chi connectivity index (χ3v) is 3.18. The first kappa shape index (κ1) is 12.6. The zero-order valence-electron chi connectivity index (χ0n) is 11.0. The number of hydrogen-bond donors (Lipinski definition) is 1. The van der Waals surface area contributed by atoms with Gasteiger partial charge in [0.15, 0.2) is 0 Å². The molecule has 0 aliphatic rings. The molecule has 0 bridgehead atoms. The van der Waals surface area contributed by atoms with Crippen molar-refractivity contribution in [3.8, 4) is 5.75 Å². The van der Waals surface area contributed by atoms with Crippen LogP contribution in [0.1, 0.15) is 11.1 Å². The fourth-order valence-electron chi connectivity index (χ4n) is 2.07. The van der Waals surface area contributed by atoms with Crippen molar-refractivity contribution in [2.75, 3.05) is 0 Å². The average Bonchev–Trinajstić information content (AvgIpc) is 2.53. The lowest BCUT2D eigenvalue weighted by molar-refractivity contribution is 0.280. The Hall–Kier alpha value is -2.39. The van der Waals surface area contributed by atoms with E-state index in [2.05, 4.69) is 11.1 Å². The summed E-state index contributed by atoms with van der Waals surface area (Å²) in [4.78, 5) is 4.30. The quantitative estimate of drug-likeness (QED) is 0.787. The zero-order chi connectivity index (χ0) is 13.8. The molecule has 0 radical (unpaired) electrons. The number of rotatable bonds is 4. The summed E-state index contributed by atoms with van der Waals surface area (Å²) in [5.41, 5.74) is 2.98. The van der Waals surface area contributed by atoms with Gasteiger partial charge in [-0.3, -0.25) is 4.98 Å². The summed E-state index contributed by atoms with van der Waals surface area (Å²) in [6.45, 7) is 0.571. The van der Waals surface area contributed by atoms with Gasteiger partial charge >= 0.3 is 0 Å². The summed E-state index contributed by atoms with van der Waals surface area (Å²) in [5, 5.41) is 10.1. The number of aliphatic hydroxyl groups excluding tert-OH is 1. The number of benzene rings is 2. The van der Waals surface area contributed by atoms with Crippen LogP contribution in [0.3, 0.4) is 0 Å². The molecule has 1 heterocycles. The highest BCUT2D eigenvalue weighted by Crippen LogP contribution is 2.17. The van der Waals surface area contributed by atoms with Crippen LogP contribution in [-0.2, 0) is 13.2 Å². The Morgan fingerprint density at radius 3 is 2.55 bits per heavy atom. The number of aromatic nitrogens is 1. The van der Waals surface area contributed by atoms with E-state index in [-0.39, 0.29) is 6.61 Å². The summed E-state index contributed by atoms with van der Waals surface area (Å²) in [7, 11) is 0. The van der Waals surface area contributed by atoms with E-state index in [1.54, 1.807) is 6.20 Å². The van der Waals surface area contributed by atoms with Crippen LogP contribution < -0.4 is 4.74 Å². The predicted molar refractivity (Wildman–Crippen MR) is 78.4 cm³/mol. The van der Waals surface area contributed by atoms with Gasteiger partial charge in [-0.05, 0) is 41.5 Å². The SMILES string of the molecule is OCc1ccc(OCc2ccc3ncccc3c2)cc1. The van der Waals surface area contributed by atoms with Crippen molar-refractivity contribution in [2.24, 2.45) is 0 Å². The van der Waals surface area contributed by atoms with Crippen molar-refractivity contribution in [3.05, 3.63) is 71.9 Å². The van der Waals surface area contributed by atoms with Crippen LogP contribution in [0, 0.1) is 0 Å². The van der Waals surface area contributed by atoms with Gasteiger partial charge in [-0.25, -0.2) is 0 Å². The van der Waals surface area contributed by atoms with E-state index >= 15 is 0 Å². The molecule has 0 fully saturated rings. The minimum Gasteiger partial charge on any atom is -0.489 e. The first-order valence-electron chi connectivity index (χ1n) is 6.51. The fraction of sp³-hybridized carbons (Fsp3) is 0.118. The van der Waals surface area contributed by atoms with Crippen molar-refractivity contribution in [3.63, 3.8) is 0 Å². The van der Waals surface area contributed by atoms with E-state index < -0.39 is 0 Å². The molecule has 100 valence electrons. The Balaban J connectivity index is 1.72. The molecule has 0 atom stereocenters. The van der Waals surface area contributed by atoms with Gasteiger partial charge in [0, 0.05) is 11.6 Å². The topological polar surface area (TPSA) is 42.4 Å². The first-order chi connectivity index (χ1) is 9.85. The highest BCUT2D eigenvalue weighted by Gasteiger charge is 1.99. The van der Waals surface area contributed by atoms with E-state index in [0.29, 0.717) is 6.61 Å². The summed E-state index contributed by atoms with van der Waals surface area (Å²) >= 11 is 0. The molecule has 0 spiro atoms. The molecule has 0 saturated heterocycles. The van der Waals surface area contributed by atoms with Crippen LogP contribution in [0.2, 0.25) is 0 Å². The van der Waals surface area contributed by atoms with Crippen molar-refractivity contribution < 1.29 is 9.84 Å². The van der Waals surface area contributed by atoms with Crippen LogP contribution in [0.15, 0.2) is 60.8 Å². The molecule has 3 heteroatoms. The van der Waals surface area contributed by atoms with Crippen molar-refractivity contribution in [2.45, 2.75) is 13.2 Å². The number of nitrogens with zero attached hydrogens (tertiary/aromatic N) is 1. The van der Waals surface area contributed by atoms with E-state index in [0.717, 1.165) is 27.8 Å². The monoisotopic (exact) mass is 265 g/mol. The van der Waals surface area contributed by atoms with Gasteiger partial charge < -0.3 is 9.84 Å². The molecule has 3 nitrogen and oxygen atoms in total. The van der Waals surface area contributed by atoms with Crippen LogP contribution in [0.5, 0.6) is 5.75 Å². The van der Waals surface area contributed by atoms with Crippen LogP contribution >= 0.6 is 0 Å². The fourth-order valence-corrected chi connectivity index (χ4v) is 2.07. The minimum atomic E-state index is 0.0535. The number of hydrogen-bond acceptors (Lipinski definition) is 3. The van der Waals surface area contributed by atoms with Gasteiger partial charge in [0.2, 0.25) is 0 Å². The molecule has 0 aliphatic heterocycles. The van der Waals surface area contributed by atoms with Gasteiger partial charge in [-0.2, -0.15) is 0 Å². The van der Waals surface area contributed by atoms with Gasteiger partial charge in [-0.1, -0.05) is 24.3 Å². The lowest BCUT2D eigenvalue weighted by Gasteiger charge is -2.07. The molecule has 3 aromatic rings. The first-order valence-corrected chi connectivity index (χ1v) is 6.51. The molecule has 0 amide bonds. The maximum Gasteiger partial charge on any atom is 0.119 e. The van der Waals surface area contributed by atoms with Crippen LogP contribution in [0.25, 0.3) is 10.9 Å². The van der Waals surface area contributed by atoms with Crippen molar-refractivity contribution >= 4 is 10.9 Å². The van der Waals surface area contributed by atoms with E-state index in [4.69, 9.17) is 9.84 Å². The molecule has 1 N–H and O–H groups in total. The largest absolute Gasteiger partial charge is 0.489 e. The molecular weight excluding hydrogens is 250 g/mol. The van der Waals surface area contributed by atoms with Crippen LogP contribution in [-0.4, -0.2) is 10.1 Å². The Bertz CT molecular complexity index is 708. The Morgan fingerprint density at radius 1 is 0.950 bits per heavy atom. The Kier molecular flexibility index (Phi) is 3.61. The average molecular weight is 265 g/mol. The third-order valence-electron chi connectivity index (χ3n) is 3.18. The van der Waals surface area contributed by atoms with Crippen LogP contribution in [0.4, 0.5) is 0 Å². The van der Waals surface area contributed by atoms with Crippen molar-refractivity contribution in [1.82, 2.24) is 4.98 Å². The molecule has 0 saturated carbocycles. The van der Waals surface area contributed by atoms with Gasteiger partial charge in [0.1, 0.15) is 12.4 Å².